The van der Waals surface area contributed by atoms with Crippen LogP contribution in [0.25, 0.3) is 0 Å². The van der Waals surface area contributed by atoms with Gasteiger partial charge in [-0.1, -0.05) is 23.7 Å². The molecule has 1 amide bonds. The van der Waals surface area contributed by atoms with Crippen molar-refractivity contribution in [2.45, 2.75) is 31.9 Å². The van der Waals surface area contributed by atoms with Crippen LogP contribution in [0, 0.1) is 0 Å². The highest BCUT2D eigenvalue weighted by molar-refractivity contribution is 6.32. The lowest BCUT2D eigenvalue weighted by atomic mass is 9.93. The monoisotopic (exact) mass is 539 g/mol. The summed E-state index contributed by atoms with van der Waals surface area (Å²) in [4.78, 5) is 25.1. The smallest absolute Gasteiger partial charge is 0.313 e. The number of esters is 1. The molecule has 1 aliphatic heterocycles. The van der Waals surface area contributed by atoms with E-state index in [4.69, 9.17) is 35.3 Å². The Kier molecular flexibility index (Phi) is 9.10. The number of rotatable bonds is 10. The fourth-order valence-corrected chi connectivity index (χ4v) is 4.37. The first-order chi connectivity index (χ1) is 18.4. The minimum Gasteiger partial charge on any atom is -0.497 e. The third-order valence-electron chi connectivity index (χ3n) is 6.18. The molecule has 0 aliphatic carbocycles. The Balaban J connectivity index is 1.40. The van der Waals surface area contributed by atoms with Gasteiger partial charge in [-0.05, 0) is 61.4 Å². The molecule has 200 valence electrons. The number of hydrogen-bond acceptors (Lipinski definition) is 7. The molecular weight excluding hydrogens is 510 g/mol. The Bertz CT molecular complexity index is 1260. The van der Waals surface area contributed by atoms with Crippen LogP contribution in [0.1, 0.15) is 40.7 Å². The average Bonchev–Trinajstić information content (AvgIpc) is 2.93. The Morgan fingerprint density at radius 3 is 2.42 bits per heavy atom. The van der Waals surface area contributed by atoms with E-state index in [0.29, 0.717) is 59.5 Å². The largest absolute Gasteiger partial charge is 0.497 e. The number of fused-ring (bicyclic) bond motifs is 1. The van der Waals surface area contributed by atoms with E-state index in [2.05, 4.69) is 5.32 Å². The number of nitrogens with one attached hydrogen (secondary N) is 1. The topological polar surface area (TPSA) is 92.3 Å². The molecule has 9 heteroatoms. The number of carbonyl (C=O) groups is 2. The highest BCUT2D eigenvalue weighted by Crippen LogP contribution is 2.42. The van der Waals surface area contributed by atoms with Crippen molar-refractivity contribution in [2.75, 3.05) is 27.4 Å². The van der Waals surface area contributed by atoms with Crippen molar-refractivity contribution in [3.05, 3.63) is 82.4 Å². The number of halogens is 1. The SMILES string of the molecule is CCOC(=O)C1CCOc2cc(Oc3ccc(C(=O)NC(Cc4ccc(OC)cc4)OC)cc3)c(Cl)cc21. The molecule has 3 aromatic rings. The number of ether oxygens (including phenoxy) is 5. The first kappa shape index (κ1) is 27.3. The van der Waals surface area contributed by atoms with Gasteiger partial charge < -0.3 is 29.0 Å². The summed E-state index contributed by atoms with van der Waals surface area (Å²) in [6, 6.07) is 17.6. The molecule has 0 spiro atoms. The second-order valence-electron chi connectivity index (χ2n) is 8.64. The third kappa shape index (κ3) is 6.57. The van der Waals surface area contributed by atoms with Gasteiger partial charge in [0.1, 0.15) is 29.2 Å². The minimum absolute atomic E-state index is 0.276. The lowest BCUT2D eigenvalue weighted by Crippen LogP contribution is -2.37. The van der Waals surface area contributed by atoms with E-state index >= 15 is 0 Å². The van der Waals surface area contributed by atoms with Gasteiger partial charge in [0, 0.05) is 30.7 Å². The van der Waals surface area contributed by atoms with Crippen molar-refractivity contribution < 1.29 is 33.3 Å². The molecule has 38 heavy (non-hydrogen) atoms. The highest BCUT2D eigenvalue weighted by atomic mass is 35.5. The Morgan fingerprint density at radius 1 is 1.05 bits per heavy atom. The molecule has 2 atom stereocenters. The number of hydrogen-bond donors (Lipinski definition) is 1. The molecule has 0 radical (unpaired) electrons. The summed E-state index contributed by atoms with van der Waals surface area (Å²) in [5.74, 6) is 1.17. The first-order valence-corrected chi connectivity index (χ1v) is 12.7. The fourth-order valence-electron chi connectivity index (χ4n) is 4.16. The van der Waals surface area contributed by atoms with Crippen molar-refractivity contribution in [1.82, 2.24) is 5.32 Å². The number of carbonyl (C=O) groups excluding carboxylic acids is 2. The lowest BCUT2D eigenvalue weighted by Gasteiger charge is -2.25. The normalized spacial score (nSPS) is 15.0. The number of amides is 1. The van der Waals surface area contributed by atoms with Gasteiger partial charge in [-0.25, -0.2) is 0 Å². The van der Waals surface area contributed by atoms with E-state index in [0.717, 1.165) is 11.3 Å². The summed E-state index contributed by atoms with van der Waals surface area (Å²) in [6.07, 6.45) is 0.527. The fraction of sp³-hybridized carbons (Fsp3) is 0.310. The van der Waals surface area contributed by atoms with Crippen LogP contribution in [0.15, 0.2) is 60.7 Å². The predicted molar refractivity (Wildman–Crippen MR) is 142 cm³/mol. The van der Waals surface area contributed by atoms with Gasteiger partial charge in [0.15, 0.2) is 0 Å². The van der Waals surface area contributed by atoms with E-state index in [9.17, 15) is 9.59 Å². The van der Waals surface area contributed by atoms with Crippen LogP contribution in [-0.4, -0.2) is 45.5 Å². The molecule has 0 aromatic heterocycles. The zero-order chi connectivity index (χ0) is 27.1. The molecule has 3 aromatic carbocycles. The molecule has 4 rings (SSSR count). The predicted octanol–water partition coefficient (Wildman–Crippen LogP) is 5.52. The average molecular weight is 540 g/mol. The van der Waals surface area contributed by atoms with Gasteiger partial charge in [0.25, 0.3) is 5.91 Å². The summed E-state index contributed by atoms with van der Waals surface area (Å²) in [5, 5.41) is 3.23. The summed E-state index contributed by atoms with van der Waals surface area (Å²) in [7, 11) is 3.16. The van der Waals surface area contributed by atoms with Gasteiger partial charge in [-0.3, -0.25) is 9.59 Å². The molecule has 2 unspecified atom stereocenters. The first-order valence-electron chi connectivity index (χ1n) is 12.3. The number of methoxy groups -OCH3 is 2. The maximum Gasteiger partial charge on any atom is 0.313 e. The molecule has 0 fully saturated rings. The second-order valence-corrected chi connectivity index (χ2v) is 9.05. The molecule has 1 N–H and O–H groups in total. The van der Waals surface area contributed by atoms with E-state index in [1.807, 2.05) is 24.3 Å². The van der Waals surface area contributed by atoms with Crippen LogP contribution >= 0.6 is 11.6 Å². The van der Waals surface area contributed by atoms with Crippen LogP contribution < -0.4 is 19.5 Å². The van der Waals surface area contributed by atoms with Gasteiger partial charge >= 0.3 is 5.97 Å². The summed E-state index contributed by atoms with van der Waals surface area (Å²) < 4.78 is 27.5. The number of benzene rings is 3. The van der Waals surface area contributed by atoms with Gasteiger partial charge in [0.2, 0.25) is 0 Å². The van der Waals surface area contributed by atoms with E-state index in [-0.39, 0.29) is 11.9 Å². The summed E-state index contributed by atoms with van der Waals surface area (Å²) in [5.41, 5.74) is 2.13. The molecule has 1 heterocycles. The standard InChI is InChI=1S/C29H30ClNO7/c1-4-36-29(33)22-13-14-37-25-17-26(24(30)16-23(22)25)38-21-11-7-19(8-12-21)28(32)31-27(35-3)15-18-5-9-20(34-2)10-6-18/h5-12,16-17,22,27H,4,13-15H2,1-3H3,(H,31,32). The van der Waals surface area contributed by atoms with E-state index < -0.39 is 12.1 Å². The second kappa shape index (κ2) is 12.7. The van der Waals surface area contributed by atoms with Crippen molar-refractivity contribution in [3.63, 3.8) is 0 Å². The van der Waals surface area contributed by atoms with Crippen LogP contribution in [0.4, 0.5) is 0 Å². The molecule has 1 aliphatic rings. The van der Waals surface area contributed by atoms with Crippen molar-refractivity contribution in [1.29, 1.82) is 0 Å². The van der Waals surface area contributed by atoms with Crippen LogP contribution in [0.3, 0.4) is 0 Å². The van der Waals surface area contributed by atoms with Crippen LogP contribution in [0.5, 0.6) is 23.0 Å². The molecule has 0 saturated carbocycles. The van der Waals surface area contributed by atoms with Crippen LogP contribution in [-0.2, 0) is 20.7 Å². The molecule has 0 bridgehead atoms. The third-order valence-corrected chi connectivity index (χ3v) is 6.47. The Labute approximate surface area is 226 Å². The molecule has 8 nitrogen and oxygen atoms in total. The maximum atomic E-state index is 12.8. The Hall–Kier alpha value is -3.75. The van der Waals surface area contributed by atoms with E-state index in [1.54, 1.807) is 57.5 Å². The van der Waals surface area contributed by atoms with Crippen molar-refractivity contribution in [3.8, 4) is 23.0 Å². The highest BCUT2D eigenvalue weighted by Gasteiger charge is 2.30. The Morgan fingerprint density at radius 2 is 1.76 bits per heavy atom. The minimum atomic E-state index is -0.500. The lowest BCUT2D eigenvalue weighted by molar-refractivity contribution is -0.145. The van der Waals surface area contributed by atoms with E-state index in [1.165, 1.54) is 0 Å². The quantitative estimate of drug-likeness (QED) is 0.268. The summed E-state index contributed by atoms with van der Waals surface area (Å²) in [6.45, 7) is 2.47. The van der Waals surface area contributed by atoms with Crippen molar-refractivity contribution >= 4 is 23.5 Å². The summed E-state index contributed by atoms with van der Waals surface area (Å²) >= 11 is 6.48. The maximum absolute atomic E-state index is 12.8. The van der Waals surface area contributed by atoms with Gasteiger partial charge in [-0.15, -0.1) is 0 Å². The zero-order valence-corrected chi connectivity index (χ0v) is 22.2. The van der Waals surface area contributed by atoms with Crippen LogP contribution in [0.2, 0.25) is 5.02 Å². The molecular formula is C29H30ClNO7. The van der Waals surface area contributed by atoms with Gasteiger partial charge in [-0.2, -0.15) is 0 Å². The van der Waals surface area contributed by atoms with Gasteiger partial charge in [0.05, 0.1) is 31.3 Å². The van der Waals surface area contributed by atoms with Crippen molar-refractivity contribution in [2.24, 2.45) is 0 Å². The zero-order valence-electron chi connectivity index (χ0n) is 21.5. The molecule has 0 saturated heterocycles.